The lowest BCUT2D eigenvalue weighted by Gasteiger charge is -2.33. The van der Waals surface area contributed by atoms with E-state index >= 15 is 0 Å². The van der Waals surface area contributed by atoms with Crippen molar-refractivity contribution < 1.29 is 4.79 Å². The van der Waals surface area contributed by atoms with Gasteiger partial charge in [-0.05, 0) is 43.0 Å². The number of benzene rings is 2. The lowest BCUT2D eigenvalue weighted by molar-refractivity contribution is -0.125. The maximum Gasteiger partial charge on any atom is 0.225 e. The number of hydrogen-bond donors (Lipinski definition) is 1. The number of nitrogens with zero attached hydrogens (tertiary/aromatic N) is 4. The molecule has 1 aliphatic rings. The quantitative estimate of drug-likeness (QED) is 0.461. The van der Waals surface area contributed by atoms with Crippen molar-refractivity contribution >= 4 is 28.8 Å². The third kappa shape index (κ3) is 4.44. The van der Waals surface area contributed by atoms with Crippen molar-refractivity contribution in [2.45, 2.75) is 26.3 Å². The first-order valence-electron chi connectivity index (χ1n) is 11.3. The second-order valence-electron chi connectivity index (χ2n) is 8.52. The Labute approximate surface area is 198 Å². The number of carbonyl (C=O) groups excluding carboxylic acids is 1. The molecule has 1 atom stereocenters. The maximum absolute atomic E-state index is 13.0. The van der Waals surface area contributed by atoms with Crippen LogP contribution in [0.4, 0.5) is 5.82 Å². The van der Waals surface area contributed by atoms with Crippen molar-refractivity contribution in [3.8, 4) is 11.3 Å². The van der Waals surface area contributed by atoms with E-state index in [4.69, 9.17) is 16.7 Å². The minimum Gasteiger partial charge on any atom is -0.354 e. The summed E-state index contributed by atoms with van der Waals surface area (Å²) in [7, 11) is 0. The van der Waals surface area contributed by atoms with Crippen LogP contribution in [0.3, 0.4) is 0 Å². The molecule has 4 aromatic rings. The van der Waals surface area contributed by atoms with Crippen LogP contribution in [0.25, 0.3) is 16.8 Å². The highest BCUT2D eigenvalue weighted by Crippen LogP contribution is 2.31. The van der Waals surface area contributed by atoms with Crippen LogP contribution >= 0.6 is 11.6 Å². The number of nitrogens with one attached hydrogen (secondary N) is 1. The Morgan fingerprint density at radius 3 is 2.85 bits per heavy atom. The van der Waals surface area contributed by atoms with Gasteiger partial charge in [0.25, 0.3) is 0 Å². The van der Waals surface area contributed by atoms with Crippen molar-refractivity contribution in [1.29, 1.82) is 0 Å². The van der Waals surface area contributed by atoms with E-state index in [1.54, 1.807) is 6.20 Å². The highest BCUT2D eigenvalue weighted by molar-refractivity contribution is 6.33. The summed E-state index contributed by atoms with van der Waals surface area (Å²) in [4.78, 5) is 19.8. The standard InChI is InChI=1S/C26H26ClN5O/c1-18-7-2-3-8-19(18)16-29-26(33)20-9-6-13-31(17-20)25-24-15-23(30-32(24)14-12-28-25)21-10-4-5-11-22(21)27/h2-5,7-8,10-12,14-15,20H,6,9,13,16-17H2,1H3,(H,29,33)/t20-/m1/s1. The number of rotatable bonds is 5. The highest BCUT2D eigenvalue weighted by atomic mass is 35.5. The monoisotopic (exact) mass is 459 g/mol. The molecule has 0 radical (unpaired) electrons. The van der Waals surface area contributed by atoms with Crippen LogP contribution in [0.15, 0.2) is 67.0 Å². The van der Waals surface area contributed by atoms with Gasteiger partial charge in [-0.25, -0.2) is 9.50 Å². The number of carbonyl (C=O) groups is 1. The number of hydrogen-bond acceptors (Lipinski definition) is 4. The van der Waals surface area contributed by atoms with E-state index in [9.17, 15) is 4.79 Å². The highest BCUT2D eigenvalue weighted by Gasteiger charge is 2.28. The first-order chi connectivity index (χ1) is 16.1. The van der Waals surface area contributed by atoms with E-state index in [1.165, 1.54) is 5.56 Å². The Morgan fingerprint density at radius 1 is 1.18 bits per heavy atom. The topological polar surface area (TPSA) is 62.5 Å². The van der Waals surface area contributed by atoms with Crippen LogP contribution in [-0.4, -0.2) is 33.6 Å². The van der Waals surface area contributed by atoms with Gasteiger partial charge in [0, 0.05) is 37.6 Å². The van der Waals surface area contributed by atoms with E-state index in [1.807, 2.05) is 53.2 Å². The molecule has 1 N–H and O–H groups in total. The van der Waals surface area contributed by atoms with Crippen LogP contribution in [-0.2, 0) is 11.3 Å². The number of piperidine rings is 1. The van der Waals surface area contributed by atoms with E-state index in [0.717, 1.165) is 47.5 Å². The summed E-state index contributed by atoms with van der Waals surface area (Å²) in [6.45, 7) is 4.12. The maximum atomic E-state index is 13.0. The second kappa shape index (κ2) is 9.24. The molecule has 2 aromatic carbocycles. The molecule has 7 heteroatoms. The zero-order valence-corrected chi connectivity index (χ0v) is 19.3. The molecule has 0 aliphatic carbocycles. The van der Waals surface area contributed by atoms with Gasteiger partial charge >= 0.3 is 0 Å². The van der Waals surface area contributed by atoms with E-state index in [-0.39, 0.29) is 11.8 Å². The third-order valence-electron chi connectivity index (χ3n) is 6.33. The van der Waals surface area contributed by atoms with Gasteiger partial charge in [0.1, 0.15) is 5.52 Å². The van der Waals surface area contributed by atoms with Gasteiger partial charge in [-0.15, -0.1) is 0 Å². The van der Waals surface area contributed by atoms with Gasteiger partial charge in [0.15, 0.2) is 5.82 Å². The first-order valence-corrected chi connectivity index (χ1v) is 11.6. The second-order valence-corrected chi connectivity index (χ2v) is 8.93. The van der Waals surface area contributed by atoms with Gasteiger partial charge in [-0.3, -0.25) is 4.79 Å². The van der Waals surface area contributed by atoms with Crippen LogP contribution in [0.1, 0.15) is 24.0 Å². The molecule has 5 rings (SSSR count). The van der Waals surface area contributed by atoms with Crippen molar-refractivity contribution in [2.24, 2.45) is 5.92 Å². The van der Waals surface area contributed by atoms with Crippen LogP contribution in [0, 0.1) is 12.8 Å². The molecule has 1 aliphatic heterocycles. The molecule has 0 unspecified atom stereocenters. The molecule has 0 saturated carbocycles. The Hall–Kier alpha value is -3.38. The lowest BCUT2D eigenvalue weighted by atomic mass is 9.96. The van der Waals surface area contributed by atoms with Crippen LogP contribution < -0.4 is 10.2 Å². The average molecular weight is 460 g/mol. The van der Waals surface area contributed by atoms with E-state index in [2.05, 4.69) is 34.3 Å². The molecule has 3 heterocycles. The fraction of sp³-hybridized carbons (Fsp3) is 0.269. The molecule has 1 fully saturated rings. The minimum absolute atomic E-state index is 0.0733. The number of aromatic nitrogens is 3. The summed E-state index contributed by atoms with van der Waals surface area (Å²) in [5.41, 5.74) is 4.94. The molecule has 1 amide bonds. The number of amides is 1. The summed E-state index contributed by atoms with van der Waals surface area (Å²) in [6.07, 6.45) is 5.42. The summed E-state index contributed by atoms with van der Waals surface area (Å²) in [5, 5.41) is 8.51. The number of aryl methyl sites for hydroxylation is 1. The summed E-state index contributed by atoms with van der Waals surface area (Å²) < 4.78 is 1.84. The molecule has 33 heavy (non-hydrogen) atoms. The molecule has 2 aromatic heterocycles. The minimum atomic E-state index is -0.0733. The summed E-state index contributed by atoms with van der Waals surface area (Å²) >= 11 is 6.39. The van der Waals surface area contributed by atoms with Gasteiger partial charge in [-0.2, -0.15) is 5.10 Å². The molecule has 0 bridgehead atoms. The number of fused-ring (bicyclic) bond motifs is 1. The largest absolute Gasteiger partial charge is 0.354 e. The molecular weight excluding hydrogens is 434 g/mol. The molecule has 0 spiro atoms. The Morgan fingerprint density at radius 2 is 2.00 bits per heavy atom. The van der Waals surface area contributed by atoms with Gasteiger partial charge in [0.05, 0.1) is 16.6 Å². The zero-order chi connectivity index (χ0) is 22.8. The van der Waals surface area contributed by atoms with Crippen molar-refractivity contribution in [3.63, 3.8) is 0 Å². The van der Waals surface area contributed by atoms with Crippen LogP contribution in [0.2, 0.25) is 5.02 Å². The van der Waals surface area contributed by atoms with Crippen molar-refractivity contribution in [1.82, 2.24) is 19.9 Å². The van der Waals surface area contributed by atoms with E-state index < -0.39 is 0 Å². The SMILES string of the molecule is Cc1ccccc1CNC(=O)[C@@H]1CCCN(c2nccn3nc(-c4ccccc4Cl)cc23)C1. The number of anilines is 1. The molecular formula is C26H26ClN5O. The Balaban J connectivity index is 1.35. The average Bonchev–Trinajstić information content (AvgIpc) is 3.28. The van der Waals surface area contributed by atoms with Gasteiger partial charge in [0.2, 0.25) is 5.91 Å². The summed E-state index contributed by atoms with van der Waals surface area (Å²) in [5.74, 6) is 0.871. The summed E-state index contributed by atoms with van der Waals surface area (Å²) in [6, 6.07) is 17.9. The normalized spacial score (nSPS) is 16.2. The van der Waals surface area contributed by atoms with Crippen molar-refractivity contribution in [2.75, 3.05) is 18.0 Å². The van der Waals surface area contributed by atoms with Gasteiger partial charge in [-0.1, -0.05) is 54.1 Å². The Bertz CT molecular complexity index is 1300. The van der Waals surface area contributed by atoms with Crippen molar-refractivity contribution in [3.05, 3.63) is 83.1 Å². The number of halogens is 1. The predicted octanol–water partition coefficient (Wildman–Crippen LogP) is 4.89. The fourth-order valence-electron chi connectivity index (χ4n) is 4.47. The molecule has 6 nitrogen and oxygen atoms in total. The van der Waals surface area contributed by atoms with Crippen LogP contribution in [0.5, 0.6) is 0 Å². The fourth-order valence-corrected chi connectivity index (χ4v) is 4.70. The molecule has 1 saturated heterocycles. The first kappa shape index (κ1) is 21.5. The van der Waals surface area contributed by atoms with E-state index in [0.29, 0.717) is 18.1 Å². The zero-order valence-electron chi connectivity index (χ0n) is 18.5. The smallest absolute Gasteiger partial charge is 0.225 e. The predicted molar refractivity (Wildman–Crippen MR) is 131 cm³/mol. The lowest BCUT2D eigenvalue weighted by Crippen LogP contribution is -2.43. The third-order valence-corrected chi connectivity index (χ3v) is 6.65. The van der Waals surface area contributed by atoms with Gasteiger partial charge < -0.3 is 10.2 Å². The molecule has 168 valence electrons. The Kier molecular flexibility index (Phi) is 6.01.